The molecule has 2 aliphatic rings. The van der Waals surface area contributed by atoms with E-state index in [0.717, 1.165) is 39.1 Å². The molecule has 0 aliphatic carbocycles. The van der Waals surface area contributed by atoms with Crippen LogP contribution in [0.4, 0.5) is 13.2 Å². The zero-order valence-electron chi connectivity index (χ0n) is 17.8. The van der Waals surface area contributed by atoms with E-state index in [0.29, 0.717) is 18.4 Å². The van der Waals surface area contributed by atoms with Crippen LogP contribution >= 0.6 is 0 Å². The predicted molar refractivity (Wildman–Crippen MR) is 109 cm³/mol. The van der Waals surface area contributed by atoms with Gasteiger partial charge in [-0.1, -0.05) is 0 Å². The third-order valence-electron chi connectivity index (χ3n) is 6.03. The first kappa shape index (κ1) is 22.9. The summed E-state index contributed by atoms with van der Waals surface area (Å²) in [5, 5.41) is 13.7. The second kappa shape index (κ2) is 9.55. The smallest absolute Gasteiger partial charge is 0.374 e. The number of hydrogen-bond donors (Lipinski definition) is 2. The summed E-state index contributed by atoms with van der Waals surface area (Å²) in [4.78, 5) is 12.8. The van der Waals surface area contributed by atoms with Crippen molar-refractivity contribution in [3.05, 3.63) is 18.2 Å². The molecule has 3 rings (SSSR count). The Morgan fingerprint density at radius 2 is 2.03 bits per heavy atom. The molecular formula is C20H33F3N6O. The van der Waals surface area contributed by atoms with Crippen molar-refractivity contribution in [3.63, 3.8) is 0 Å². The summed E-state index contributed by atoms with van der Waals surface area (Å²) in [7, 11) is 1.44. The van der Waals surface area contributed by atoms with Gasteiger partial charge >= 0.3 is 6.18 Å². The van der Waals surface area contributed by atoms with Crippen LogP contribution in [0.15, 0.2) is 17.4 Å². The summed E-state index contributed by atoms with van der Waals surface area (Å²) in [6, 6.07) is 0. The van der Waals surface area contributed by atoms with E-state index in [2.05, 4.69) is 25.1 Å². The number of alkyl halides is 3. The van der Waals surface area contributed by atoms with Crippen LogP contribution in [0.1, 0.15) is 38.4 Å². The van der Waals surface area contributed by atoms with Crippen molar-refractivity contribution in [2.24, 2.45) is 18.0 Å². The van der Waals surface area contributed by atoms with Crippen molar-refractivity contribution in [2.75, 3.05) is 45.8 Å². The van der Waals surface area contributed by atoms with Crippen molar-refractivity contribution in [1.29, 1.82) is 0 Å². The van der Waals surface area contributed by atoms with Crippen LogP contribution in [0.2, 0.25) is 0 Å². The Balaban J connectivity index is 1.64. The predicted octanol–water partition coefficient (Wildman–Crippen LogP) is 1.94. The minimum Gasteiger partial charge on any atom is -0.374 e. The average Bonchev–Trinajstić information content (AvgIpc) is 3.43. The molecule has 10 heteroatoms. The molecule has 0 radical (unpaired) electrons. The van der Waals surface area contributed by atoms with E-state index < -0.39 is 24.0 Å². The average molecular weight is 431 g/mol. The maximum atomic E-state index is 13.7. The lowest BCUT2D eigenvalue weighted by Gasteiger charge is -2.29. The number of halogens is 3. The van der Waals surface area contributed by atoms with Crippen LogP contribution in [0.5, 0.6) is 0 Å². The van der Waals surface area contributed by atoms with Gasteiger partial charge in [0, 0.05) is 58.6 Å². The third kappa shape index (κ3) is 5.08. The lowest BCUT2D eigenvalue weighted by atomic mass is 9.98. The molecule has 2 fully saturated rings. The van der Waals surface area contributed by atoms with Crippen LogP contribution in [0.25, 0.3) is 0 Å². The second-order valence-corrected chi connectivity index (χ2v) is 8.31. The Morgan fingerprint density at radius 3 is 2.63 bits per heavy atom. The van der Waals surface area contributed by atoms with Crippen molar-refractivity contribution >= 4 is 5.96 Å². The largest absolute Gasteiger partial charge is 0.424 e. The van der Waals surface area contributed by atoms with E-state index in [1.807, 2.05) is 6.92 Å². The number of aliphatic imine (C=N–C) groups is 1. The summed E-state index contributed by atoms with van der Waals surface area (Å²) < 4.78 is 42.3. The summed E-state index contributed by atoms with van der Waals surface area (Å²) >= 11 is 0. The molecule has 2 unspecified atom stereocenters. The quantitative estimate of drug-likeness (QED) is 0.511. The lowest BCUT2D eigenvalue weighted by Crippen LogP contribution is -2.45. The van der Waals surface area contributed by atoms with Gasteiger partial charge in [0.15, 0.2) is 5.96 Å². The summed E-state index contributed by atoms with van der Waals surface area (Å²) in [5.41, 5.74) is -3.03. The van der Waals surface area contributed by atoms with Gasteiger partial charge in [-0.05, 0) is 45.2 Å². The van der Waals surface area contributed by atoms with E-state index in [-0.39, 0.29) is 6.54 Å². The highest BCUT2D eigenvalue weighted by atomic mass is 19.4. The molecule has 2 aliphatic heterocycles. The van der Waals surface area contributed by atoms with Gasteiger partial charge in [0.25, 0.3) is 0 Å². The fourth-order valence-corrected chi connectivity index (χ4v) is 4.40. The number of aromatic nitrogens is 2. The summed E-state index contributed by atoms with van der Waals surface area (Å²) in [6.45, 7) is 7.50. The molecule has 0 aromatic carbocycles. The molecule has 2 atom stereocenters. The molecule has 2 N–H and O–H groups in total. The van der Waals surface area contributed by atoms with Gasteiger partial charge in [0.1, 0.15) is 5.82 Å². The fourth-order valence-electron chi connectivity index (χ4n) is 4.40. The number of imidazole rings is 1. The summed E-state index contributed by atoms with van der Waals surface area (Å²) in [5.74, 6) is 0.750. The lowest BCUT2D eigenvalue weighted by molar-refractivity contribution is -0.272. The maximum Gasteiger partial charge on any atom is 0.424 e. The maximum absolute atomic E-state index is 13.7. The van der Waals surface area contributed by atoms with E-state index in [9.17, 15) is 18.3 Å². The highest BCUT2D eigenvalue weighted by molar-refractivity contribution is 5.80. The second-order valence-electron chi connectivity index (χ2n) is 8.31. The van der Waals surface area contributed by atoms with E-state index in [1.54, 1.807) is 0 Å². The number of hydrogen-bond acceptors (Lipinski definition) is 4. The van der Waals surface area contributed by atoms with Crippen LogP contribution in [-0.4, -0.2) is 82.4 Å². The molecule has 0 spiro atoms. The van der Waals surface area contributed by atoms with Gasteiger partial charge in [-0.2, -0.15) is 13.2 Å². The number of guanidine groups is 1. The molecule has 0 amide bonds. The van der Waals surface area contributed by atoms with E-state index in [1.165, 1.54) is 36.9 Å². The zero-order chi connectivity index (χ0) is 21.8. The molecule has 0 bridgehead atoms. The Morgan fingerprint density at radius 1 is 1.30 bits per heavy atom. The Labute approximate surface area is 176 Å². The van der Waals surface area contributed by atoms with Gasteiger partial charge in [-0.15, -0.1) is 0 Å². The number of aliphatic hydroxyl groups is 1. The van der Waals surface area contributed by atoms with Gasteiger partial charge in [0.05, 0.1) is 0 Å². The minimum atomic E-state index is -4.84. The first-order valence-corrected chi connectivity index (χ1v) is 10.8. The number of rotatable bonds is 7. The van der Waals surface area contributed by atoms with Crippen LogP contribution in [0, 0.1) is 5.92 Å². The van der Waals surface area contributed by atoms with Crippen LogP contribution in [0.3, 0.4) is 0 Å². The van der Waals surface area contributed by atoms with Crippen LogP contribution in [-0.2, 0) is 12.6 Å². The molecule has 30 heavy (non-hydrogen) atoms. The highest BCUT2D eigenvalue weighted by Crippen LogP contribution is 2.40. The fraction of sp³-hybridized carbons (Fsp3) is 0.800. The Kier molecular flexibility index (Phi) is 7.28. The first-order valence-electron chi connectivity index (χ1n) is 10.8. The van der Waals surface area contributed by atoms with Crippen molar-refractivity contribution in [3.8, 4) is 0 Å². The zero-order valence-corrected chi connectivity index (χ0v) is 17.8. The normalized spacial score (nSPS) is 23.2. The monoisotopic (exact) mass is 430 g/mol. The Hall–Kier alpha value is -1.81. The molecule has 170 valence electrons. The van der Waals surface area contributed by atoms with Crippen LogP contribution < -0.4 is 5.32 Å². The first-order chi connectivity index (χ1) is 14.2. The van der Waals surface area contributed by atoms with Gasteiger partial charge < -0.3 is 24.8 Å². The number of likely N-dealkylation sites (tertiary alicyclic amines) is 2. The molecule has 2 saturated heterocycles. The third-order valence-corrected chi connectivity index (χ3v) is 6.03. The molecule has 7 nitrogen and oxygen atoms in total. The molecular weight excluding hydrogens is 397 g/mol. The van der Waals surface area contributed by atoms with Gasteiger partial charge in [-0.3, -0.25) is 4.99 Å². The van der Waals surface area contributed by atoms with Crippen molar-refractivity contribution < 1.29 is 18.3 Å². The van der Waals surface area contributed by atoms with E-state index >= 15 is 0 Å². The minimum absolute atomic E-state index is 0.154. The van der Waals surface area contributed by atoms with E-state index in [4.69, 9.17) is 0 Å². The molecule has 0 saturated carbocycles. The standard InChI is InChI=1S/C20H33F3N6O/c1-3-24-18(29-12-6-16(15-29)14-28-10-4-5-11-28)26-8-7-19(30,20(21,22)23)17-25-9-13-27(17)2/h9,13,16,30H,3-8,10-12,14-15H2,1-2H3,(H,24,26). The number of aryl methyl sites for hydroxylation is 1. The highest BCUT2D eigenvalue weighted by Gasteiger charge is 2.57. The topological polar surface area (TPSA) is 68.9 Å². The molecule has 1 aromatic heterocycles. The van der Waals surface area contributed by atoms with Crippen molar-refractivity contribution in [2.45, 2.75) is 44.4 Å². The number of nitrogens with zero attached hydrogens (tertiary/aromatic N) is 5. The van der Waals surface area contributed by atoms with Gasteiger partial charge in [0.2, 0.25) is 5.60 Å². The summed E-state index contributed by atoms with van der Waals surface area (Å²) in [6.07, 6.45) is 0.807. The molecule has 1 aromatic rings. The number of nitrogens with one attached hydrogen (secondary N) is 1. The van der Waals surface area contributed by atoms with Crippen molar-refractivity contribution in [1.82, 2.24) is 24.7 Å². The Bertz CT molecular complexity index is 716. The molecule has 3 heterocycles. The van der Waals surface area contributed by atoms with Gasteiger partial charge in [-0.25, -0.2) is 4.98 Å². The SMILES string of the molecule is CCNC(=NCCC(O)(c1nccn1C)C(F)(F)F)N1CCC(CN2CCCC2)C1.